The van der Waals surface area contributed by atoms with Crippen LogP contribution in [0, 0.1) is 16.7 Å². The number of hydrogen-bond acceptors (Lipinski definition) is 9. The van der Waals surface area contributed by atoms with Crippen LogP contribution in [0.3, 0.4) is 0 Å². The van der Waals surface area contributed by atoms with Crippen LogP contribution in [0.4, 0.5) is 13.2 Å². The van der Waals surface area contributed by atoms with Crippen molar-refractivity contribution in [3.63, 3.8) is 0 Å². The van der Waals surface area contributed by atoms with E-state index in [4.69, 9.17) is 11.1 Å². The number of aliphatic hydroxyl groups excluding tert-OH is 2. The number of rotatable bonds is 4. The first-order valence-electron chi connectivity index (χ1n) is 13.4. The largest absolute Gasteiger partial charge is 0.510 e. The second-order valence-electron chi connectivity index (χ2n) is 11.7. The van der Waals surface area contributed by atoms with Crippen LogP contribution in [0.5, 0.6) is 5.75 Å². The van der Waals surface area contributed by atoms with Crippen molar-refractivity contribution in [1.29, 1.82) is 5.41 Å². The number of phenolic OH excluding ortho intramolecular Hbond substituents is 1. The highest BCUT2D eigenvalue weighted by Crippen LogP contribution is 2.59. The Bertz CT molecular complexity index is 1450. The molecule has 41 heavy (non-hydrogen) atoms. The zero-order chi connectivity index (χ0) is 30.4. The van der Waals surface area contributed by atoms with Gasteiger partial charge in [0.05, 0.1) is 22.9 Å². The number of likely N-dealkylation sites (N-methyl/N-ethyl adjacent to an activating group) is 1. The zero-order valence-electron chi connectivity index (χ0n) is 22.8. The number of halogens is 3. The topological polar surface area (TPSA) is 180 Å². The second kappa shape index (κ2) is 9.30. The maximum absolute atomic E-state index is 14.7. The summed E-state index contributed by atoms with van der Waals surface area (Å²) in [6.45, 7) is 3.91. The van der Waals surface area contributed by atoms with Gasteiger partial charge in [-0.2, -0.15) is 13.2 Å². The lowest BCUT2D eigenvalue weighted by atomic mass is 9.49. The van der Waals surface area contributed by atoms with Crippen molar-refractivity contribution >= 4 is 23.2 Å². The van der Waals surface area contributed by atoms with Crippen molar-refractivity contribution in [2.24, 2.45) is 17.1 Å². The average molecular weight is 579 g/mol. The van der Waals surface area contributed by atoms with Crippen LogP contribution in [0.1, 0.15) is 61.4 Å². The third-order valence-electron chi connectivity index (χ3n) is 9.50. The minimum Gasteiger partial charge on any atom is -0.510 e. The smallest absolute Gasteiger partial charge is 0.417 e. The molecule has 0 aromatic heterocycles. The number of carbonyl (C=O) groups excluding carboxylic acids is 2. The third kappa shape index (κ3) is 3.78. The molecule has 0 radical (unpaired) electrons. The Kier molecular flexibility index (Phi) is 6.59. The first-order chi connectivity index (χ1) is 19.0. The number of Topliss-reactive ketones (excluding diaryl/α,β-unsaturated/α-hetero) is 1. The van der Waals surface area contributed by atoms with E-state index in [2.05, 4.69) is 5.32 Å². The third-order valence-corrected chi connectivity index (χ3v) is 9.50. The first kappa shape index (κ1) is 29.1. The molecule has 5 rings (SSSR count). The van der Waals surface area contributed by atoms with E-state index in [1.807, 2.05) is 0 Å². The maximum atomic E-state index is 14.7. The number of aromatic hydroxyl groups is 1. The van der Waals surface area contributed by atoms with Gasteiger partial charge in [0, 0.05) is 17.0 Å². The van der Waals surface area contributed by atoms with Crippen molar-refractivity contribution in [1.82, 2.24) is 10.2 Å². The predicted molar refractivity (Wildman–Crippen MR) is 141 cm³/mol. The van der Waals surface area contributed by atoms with E-state index in [1.54, 1.807) is 18.9 Å². The minimum atomic E-state index is -4.85. The van der Waals surface area contributed by atoms with Crippen LogP contribution >= 0.6 is 0 Å². The van der Waals surface area contributed by atoms with E-state index >= 15 is 0 Å². The van der Waals surface area contributed by atoms with Gasteiger partial charge in [-0.25, -0.2) is 0 Å². The number of nitrogens with two attached hydrogens (primary N) is 1. The van der Waals surface area contributed by atoms with Crippen molar-refractivity contribution in [2.45, 2.75) is 63.4 Å². The van der Waals surface area contributed by atoms with Gasteiger partial charge in [0.2, 0.25) is 5.78 Å². The van der Waals surface area contributed by atoms with Crippen LogP contribution in [0.15, 0.2) is 23.0 Å². The van der Waals surface area contributed by atoms with Crippen LogP contribution in [-0.4, -0.2) is 74.5 Å². The minimum absolute atomic E-state index is 0.151. The Morgan fingerprint density at radius 2 is 1.95 bits per heavy atom. The summed E-state index contributed by atoms with van der Waals surface area (Å²) in [5, 5.41) is 57.1. The molecule has 1 saturated carbocycles. The van der Waals surface area contributed by atoms with Crippen LogP contribution < -0.4 is 11.1 Å². The number of nitrogens with one attached hydrogen (secondary N) is 2. The molecule has 222 valence electrons. The van der Waals surface area contributed by atoms with Crippen molar-refractivity contribution in [3.05, 3.63) is 45.2 Å². The number of alkyl halides is 3. The van der Waals surface area contributed by atoms with E-state index in [0.29, 0.717) is 19.4 Å². The van der Waals surface area contributed by atoms with Gasteiger partial charge in [-0.3, -0.25) is 14.5 Å². The summed E-state index contributed by atoms with van der Waals surface area (Å²) < 4.78 is 44.0. The van der Waals surface area contributed by atoms with Crippen LogP contribution in [0.2, 0.25) is 0 Å². The summed E-state index contributed by atoms with van der Waals surface area (Å²) in [5.74, 6) is -5.71. The summed E-state index contributed by atoms with van der Waals surface area (Å²) in [5.41, 5.74) is -3.25. The van der Waals surface area contributed by atoms with E-state index < -0.39 is 98.6 Å². The van der Waals surface area contributed by atoms with Gasteiger partial charge in [-0.15, -0.1) is 0 Å². The number of nitrogens with zero attached hydrogens (tertiary/aromatic N) is 1. The number of primary amides is 1. The van der Waals surface area contributed by atoms with Gasteiger partial charge in [0.1, 0.15) is 22.8 Å². The van der Waals surface area contributed by atoms with Crippen molar-refractivity contribution in [2.75, 3.05) is 20.1 Å². The Morgan fingerprint density at radius 3 is 2.49 bits per heavy atom. The molecule has 1 aromatic carbocycles. The Hall–Kier alpha value is -3.42. The summed E-state index contributed by atoms with van der Waals surface area (Å²) in [4.78, 5) is 28.0. The zero-order valence-corrected chi connectivity index (χ0v) is 22.8. The number of aliphatic hydroxyl groups is 3. The Labute approximate surface area is 233 Å². The van der Waals surface area contributed by atoms with E-state index in [1.165, 1.54) is 6.92 Å². The fourth-order valence-corrected chi connectivity index (χ4v) is 7.61. The molecule has 3 aliphatic carbocycles. The molecule has 0 spiro atoms. The highest BCUT2D eigenvalue weighted by molar-refractivity contribution is 6.34. The highest BCUT2D eigenvalue weighted by atomic mass is 19.4. The number of benzene rings is 1. The molecule has 13 heteroatoms. The molecule has 1 aliphatic heterocycles. The number of hydrogen-bond donors (Lipinski definition) is 7. The van der Waals surface area contributed by atoms with E-state index in [-0.39, 0.29) is 24.1 Å². The standard InChI is InChI=1S/C28H33F3N4O6/c1-4-35(3)23-21(38)18(25(33)40)22(32)27(41)24(39)16-11(10-26(23,27)2)8-13-17(20(16)37)15(36)9-12(14-6-5-7-34-14)19(13)28(29,30)31/h9,11,14,23,32,34,36-38,41H,4-8,10H2,1-3H3,(H2,33,40)/t11-,14?,23+,26-,27+/m0/s1. The SMILES string of the molecule is CCN(C)[C@@H]1C(O)=C(C(N)=O)C(=N)[C@@]2(O)C(=O)C3=C(O)c4c(O)cc(C5CCCN5)c(C(F)(F)F)c4C[C@H]3C[C@@]12C. The fraction of sp³-hybridized carbons (Fsp3) is 0.536. The molecule has 1 unspecified atom stereocenters. The molecule has 8 N–H and O–H groups in total. The molecule has 1 aromatic rings. The molecule has 5 atom stereocenters. The van der Waals surface area contributed by atoms with E-state index in [9.17, 15) is 43.2 Å². The van der Waals surface area contributed by atoms with Gasteiger partial charge in [-0.1, -0.05) is 13.8 Å². The molecule has 4 aliphatic rings. The molecule has 1 saturated heterocycles. The van der Waals surface area contributed by atoms with Gasteiger partial charge in [-0.05, 0) is 68.9 Å². The van der Waals surface area contributed by atoms with E-state index in [0.717, 1.165) is 6.07 Å². The first-order valence-corrected chi connectivity index (χ1v) is 13.4. The summed E-state index contributed by atoms with van der Waals surface area (Å²) in [6.07, 6.45) is -4.44. The van der Waals surface area contributed by atoms with Gasteiger partial charge in [0.25, 0.3) is 5.91 Å². The number of amides is 1. The lowest BCUT2D eigenvalue weighted by Gasteiger charge is -2.58. The molecular formula is C28H33F3N4O6. The predicted octanol–water partition coefficient (Wildman–Crippen LogP) is 2.64. The Balaban J connectivity index is 1.78. The summed E-state index contributed by atoms with van der Waals surface area (Å²) in [7, 11) is 1.56. The normalized spacial score (nSPS) is 31.9. The van der Waals surface area contributed by atoms with Crippen molar-refractivity contribution < 1.29 is 43.2 Å². The molecule has 1 amide bonds. The average Bonchev–Trinajstić information content (AvgIpc) is 3.40. The molecule has 1 heterocycles. The monoisotopic (exact) mass is 578 g/mol. The number of fused-ring (bicyclic) bond motifs is 3. The fourth-order valence-electron chi connectivity index (χ4n) is 7.61. The van der Waals surface area contributed by atoms with Gasteiger partial charge < -0.3 is 36.9 Å². The van der Waals surface area contributed by atoms with Gasteiger partial charge in [0.15, 0.2) is 5.60 Å². The Morgan fingerprint density at radius 1 is 1.29 bits per heavy atom. The molecular weight excluding hydrogens is 545 g/mol. The second-order valence-corrected chi connectivity index (χ2v) is 11.7. The summed E-state index contributed by atoms with van der Waals surface area (Å²) >= 11 is 0. The molecule has 0 bridgehead atoms. The van der Waals surface area contributed by atoms with Gasteiger partial charge >= 0.3 is 6.18 Å². The van der Waals surface area contributed by atoms with Crippen LogP contribution in [0.25, 0.3) is 5.76 Å². The lowest BCUT2D eigenvalue weighted by Crippen LogP contribution is -2.72. The number of carbonyl (C=O) groups is 2. The number of ketones is 1. The molecule has 10 nitrogen and oxygen atoms in total. The number of phenols is 1. The highest BCUT2D eigenvalue weighted by Gasteiger charge is 2.69. The van der Waals surface area contributed by atoms with Crippen LogP contribution in [-0.2, 0) is 22.2 Å². The molecule has 2 fully saturated rings. The quantitative estimate of drug-likeness (QED) is 0.285. The maximum Gasteiger partial charge on any atom is 0.417 e. The summed E-state index contributed by atoms with van der Waals surface area (Å²) in [6, 6.07) is -0.927. The lowest BCUT2D eigenvalue weighted by molar-refractivity contribution is -0.152. The van der Waals surface area contributed by atoms with Crippen molar-refractivity contribution in [3.8, 4) is 5.75 Å².